The zero-order valence-electron chi connectivity index (χ0n) is 15.2. The van der Waals surface area contributed by atoms with Crippen LogP contribution in [0.4, 0.5) is 11.4 Å². The van der Waals surface area contributed by atoms with Crippen LogP contribution in [-0.4, -0.2) is 13.1 Å². The molecule has 4 rings (SSSR count). The minimum atomic E-state index is 0.218. The van der Waals surface area contributed by atoms with Gasteiger partial charge < -0.3 is 9.80 Å². The predicted molar refractivity (Wildman–Crippen MR) is 119 cm³/mol. The Morgan fingerprint density at radius 3 is 1.69 bits per heavy atom. The molecule has 1 aliphatic heterocycles. The number of nitrogens with zero attached hydrogens (tertiary/aromatic N) is 2. The zero-order chi connectivity index (χ0) is 18.1. The second-order valence-electron chi connectivity index (χ2n) is 6.99. The quantitative estimate of drug-likeness (QED) is 0.453. The maximum atomic E-state index is 2.52. The fourth-order valence-corrected chi connectivity index (χ4v) is 4.24. The lowest BCUT2D eigenvalue weighted by Gasteiger charge is -2.33. The molecular weight excluding hydrogens is 431 g/mol. The van der Waals surface area contributed by atoms with Gasteiger partial charge >= 0.3 is 0 Å². The second-order valence-corrected chi connectivity index (χ2v) is 8.23. The number of benzene rings is 3. The number of anilines is 2. The summed E-state index contributed by atoms with van der Waals surface area (Å²) in [5.74, 6) is 0. The highest BCUT2D eigenvalue weighted by Crippen LogP contribution is 2.38. The van der Waals surface area contributed by atoms with Gasteiger partial charge in [-0.2, -0.15) is 0 Å². The molecular formula is C23H23IN2. The summed E-state index contributed by atoms with van der Waals surface area (Å²) in [7, 11) is 0. The molecule has 3 aromatic carbocycles. The van der Waals surface area contributed by atoms with Crippen molar-refractivity contribution in [2.75, 3.05) is 22.9 Å². The largest absolute Gasteiger partial charge is 0.346 e. The molecule has 0 radical (unpaired) electrons. The lowest BCUT2D eigenvalue weighted by Crippen LogP contribution is -2.31. The Kier molecular flexibility index (Phi) is 4.90. The van der Waals surface area contributed by atoms with Crippen molar-refractivity contribution < 1.29 is 0 Å². The van der Waals surface area contributed by atoms with Crippen molar-refractivity contribution in [1.82, 2.24) is 0 Å². The molecule has 26 heavy (non-hydrogen) atoms. The van der Waals surface area contributed by atoms with Gasteiger partial charge in [-0.1, -0.05) is 47.5 Å². The molecule has 2 nitrogen and oxygen atoms in total. The number of halogens is 1. The highest BCUT2D eigenvalue weighted by molar-refractivity contribution is 14.1. The van der Waals surface area contributed by atoms with Crippen LogP contribution in [-0.2, 0) is 0 Å². The van der Waals surface area contributed by atoms with E-state index in [0.717, 1.165) is 13.1 Å². The first-order chi connectivity index (χ1) is 12.6. The van der Waals surface area contributed by atoms with Gasteiger partial charge in [-0.15, -0.1) is 0 Å². The number of rotatable bonds is 3. The zero-order valence-corrected chi connectivity index (χ0v) is 17.3. The SMILES string of the molecule is Cc1ccc(N2CCN(c3ccc(C)cc3)C2c2cccc(I)c2)cc1. The van der Waals surface area contributed by atoms with E-state index >= 15 is 0 Å². The van der Waals surface area contributed by atoms with Crippen LogP contribution in [0.3, 0.4) is 0 Å². The van der Waals surface area contributed by atoms with Crippen molar-refractivity contribution in [2.24, 2.45) is 0 Å². The van der Waals surface area contributed by atoms with Gasteiger partial charge in [0.25, 0.3) is 0 Å². The fraction of sp³-hybridized carbons (Fsp3) is 0.217. The first-order valence-corrected chi connectivity index (χ1v) is 10.1. The molecule has 0 N–H and O–H groups in total. The summed E-state index contributed by atoms with van der Waals surface area (Å²) in [6.45, 7) is 6.33. The van der Waals surface area contributed by atoms with Gasteiger partial charge in [0.1, 0.15) is 6.17 Å². The molecule has 0 atom stereocenters. The number of aryl methyl sites for hydroxylation is 2. The van der Waals surface area contributed by atoms with E-state index in [2.05, 4.69) is 119 Å². The molecule has 0 amide bonds. The van der Waals surface area contributed by atoms with Gasteiger partial charge in [-0.3, -0.25) is 0 Å². The summed E-state index contributed by atoms with van der Waals surface area (Å²) in [6, 6.07) is 26.7. The Balaban J connectivity index is 1.77. The van der Waals surface area contributed by atoms with E-state index < -0.39 is 0 Å². The Bertz CT molecular complexity index is 833. The van der Waals surface area contributed by atoms with E-state index in [1.54, 1.807) is 0 Å². The van der Waals surface area contributed by atoms with E-state index in [1.165, 1.54) is 31.6 Å². The summed E-state index contributed by atoms with van der Waals surface area (Å²) >= 11 is 2.41. The third-order valence-electron chi connectivity index (χ3n) is 5.05. The molecule has 132 valence electrons. The van der Waals surface area contributed by atoms with Gasteiger partial charge in [0, 0.05) is 28.0 Å². The lowest BCUT2D eigenvalue weighted by atomic mass is 10.1. The second kappa shape index (κ2) is 7.31. The van der Waals surface area contributed by atoms with Crippen molar-refractivity contribution in [1.29, 1.82) is 0 Å². The van der Waals surface area contributed by atoms with Gasteiger partial charge in [-0.05, 0) is 78.4 Å². The average molecular weight is 454 g/mol. The van der Waals surface area contributed by atoms with Gasteiger partial charge in [0.2, 0.25) is 0 Å². The Morgan fingerprint density at radius 2 is 1.23 bits per heavy atom. The van der Waals surface area contributed by atoms with Gasteiger partial charge in [0.15, 0.2) is 0 Å². The van der Waals surface area contributed by atoms with E-state index in [4.69, 9.17) is 0 Å². The summed E-state index contributed by atoms with van der Waals surface area (Å²) in [6.07, 6.45) is 0.218. The summed E-state index contributed by atoms with van der Waals surface area (Å²) in [5, 5.41) is 0. The highest BCUT2D eigenvalue weighted by Gasteiger charge is 2.33. The summed E-state index contributed by atoms with van der Waals surface area (Å²) in [5.41, 5.74) is 6.52. The molecule has 0 spiro atoms. The normalized spacial score (nSPS) is 14.9. The molecule has 1 heterocycles. The van der Waals surface area contributed by atoms with E-state index in [0.29, 0.717) is 0 Å². The fourth-order valence-electron chi connectivity index (χ4n) is 3.67. The summed E-state index contributed by atoms with van der Waals surface area (Å²) < 4.78 is 1.28. The first kappa shape index (κ1) is 17.4. The third kappa shape index (κ3) is 3.45. The minimum absolute atomic E-state index is 0.218. The smallest absolute Gasteiger partial charge is 0.128 e. The van der Waals surface area contributed by atoms with Crippen molar-refractivity contribution in [3.8, 4) is 0 Å². The molecule has 1 aliphatic rings. The molecule has 1 saturated heterocycles. The monoisotopic (exact) mass is 454 g/mol. The van der Waals surface area contributed by atoms with Crippen LogP contribution in [0, 0.1) is 17.4 Å². The van der Waals surface area contributed by atoms with E-state index in [1.807, 2.05) is 0 Å². The maximum Gasteiger partial charge on any atom is 0.128 e. The standard InChI is InChI=1S/C23H23IN2/c1-17-6-10-21(11-7-17)25-14-15-26(22-12-8-18(2)9-13-22)23(25)19-4-3-5-20(24)16-19/h3-13,16,23H,14-15H2,1-2H3. The predicted octanol–water partition coefficient (Wildman–Crippen LogP) is 5.93. The van der Waals surface area contributed by atoms with E-state index in [-0.39, 0.29) is 6.17 Å². The van der Waals surface area contributed by atoms with Crippen molar-refractivity contribution >= 4 is 34.0 Å². The number of hydrogen-bond acceptors (Lipinski definition) is 2. The van der Waals surface area contributed by atoms with Crippen LogP contribution in [0.2, 0.25) is 0 Å². The molecule has 3 aromatic rings. The van der Waals surface area contributed by atoms with Gasteiger partial charge in [-0.25, -0.2) is 0 Å². The van der Waals surface area contributed by atoms with Crippen molar-refractivity contribution in [3.05, 3.63) is 93.1 Å². The molecule has 0 saturated carbocycles. The highest BCUT2D eigenvalue weighted by atomic mass is 127. The van der Waals surface area contributed by atoms with Crippen LogP contribution < -0.4 is 9.80 Å². The van der Waals surface area contributed by atoms with E-state index in [9.17, 15) is 0 Å². The average Bonchev–Trinajstić information content (AvgIpc) is 3.08. The molecule has 3 heteroatoms. The van der Waals surface area contributed by atoms with Crippen molar-refractivity contribution in [2.45, 2.75) is 20.0 Å². The van der Waals surface area contributed by atoms with Crippen LogP contribution in [0.15, 0.2) is 72.8 Å². The van der Waals surface area contributed by atoms with Crippen LogP contribution in [0.25, 0.3) is 0 Å². The Labute approximate surface area is 169 Å². The minimum Gasteiger partial charge on any atom is -0.346 e. The molecule has 0 aliphatic carbocycles. The van der Waals surface area contributed by atoms with Crippen molar-refractivity contribution in [3.63, 3.8) is 0 Å². The Morgan fingerprint density at radius 1 is 0.731 bits per heavy atom. The third-order valence-corrected chi connectivity index (χ3v) is 5.72. The molecule has 0 aromatic heterocycles. The molecule has 1 fully saturated rings. The van der Waals surface area contributed by atoms with Gasteiger partial charge in [0.05, 0.1) is 0 Å². The first-order valence-electron chi connectivity index (χ1n) is 9.04. The van der Waals surface area contributed by atoms with Crippen LogP contribution >= 0.6 is 22.6 Å². The molecule has 0 unspecified atom stereocenters. The Hall–Kier alpha value is -2.01. The van der Waals surface area contributed by atoms with Crippen LogP contribution in [0.5, 0.6) is 0 Å². The lowest BCUT2D eigenvalue weighted by molar-refractivity contribution is 0.717. The van der Waals surface area contributed by atoms with Crippen LogP contribution in [0.1, 0.15) is 22.9 Å². The topological polar surface area (TPSA) is 6.48 Å². The maximum absolute atomic E-state index is 2.52. The number of hydrogen-bond donors (Lipinski definition) is 0. The summed E-state index contributed by atoms with van der Waals surface area (Å²) in [4.78, 5) is 5.04. The molecule has 0 bridgehead atoms.